The van der Waals surface area contributed by atoms with E-state index in [4.69, 9.17) is 10.5 Å². The third-order valence-electron chi connectivity index (χ3n) is 2.46. The second kappa shape index (κ2) is 6.27. The van der Waals surface area contributed by atoms with Crippen LogP contribution in [-0.4, -0.2) is 39.5 Å². The summed E-state index contributed by atoms with van der Waals surface area (Å²) in [6.07, 6.45) is 0. The summed E-state index contributed by atoms with van der Waals surface area (Å²) >= 11 is 0. The van der Waals surface area contributed by atoms with Gasteiger partial charge in [-0.15, -0.1) is 0 Å². The van der Waals surface area contributed by atoms with E-state index in [9.17, 15) is 17.2 Å². The van der Waals surface area contributed by atoms with Crippen LogP contribution < -0.4 is 5.73 Å². The highest BCUT2D eigenvalue weighted by Crippen LogP contribution is 2.23. The molecule has 0 aliphatic rings. The van der Waals surface area contributed by atoms with Crippen LogP contribution in [0.4, 0.5) is 14.5 Å². The van der Waals surface area contributed by atoms with Gasteiger partial charge >= 0.3 is 0 Å². The van der Waals surface area contributed by atoms with Gasteiger partial charge in [0, 0.05) is 25.9 Å². The van der Waals surface area contributed by atoms with Crippen LogP contribution in [0.15, 0.2) is 17.0 Å². The number of benzene rings is 1. The third kappa shape index (κ3) is 3.62. The Morgan fingerprint density at radius 1 is 1.37 bits per heavy atom. The molecular weight excluding hydrogens is 278 g/mol. The first kappa shape index (κ1) is 15.8. The number of hydrogen-bond acceptors (Lipinski definition) is 4. The number of nitrogen functional groups attached to an aromatic ring is 1. The molecule has 0 fully saturated rings. The van der Waals surface area contributed by atoms with Gasteiger partial charge in [-0.1, -0.05) is 0 Å². The van der Waals surface area contributed by atoms with Gasteiger partial charge in [0.05, 0.1) is 6.61 Å². The SMILES string of the molecule is CCOCCN(C)S(=O)(=O)c1cc(N)cc(F)c1F. The van der Waals surface area contributed by atoms with Crippen LogP contribution in [0.1, 0.15) is 6.92 Å². The van der Waals surface area contributed by atoms with E-state index in [1.807, 2.05) is 0 Å². The predicted molar refractivity (Wildman–Crippen MR) is 67.1 cm³/mol. The molecule has 1 aromatic rings. The van der Waals surface area contributed by atoms with E-state index < -0.39 is 26.6 Å². The molecule has 5 nitrogen and oxygen atoms in total. The van der Waals surface area contributed by atoms with Crippen molar-refractivity contribution in [3.63, 3.8) is 0 Å². The van der Waals surface area contributed by atoms with Gasteiger partial charge in [-0.3, -0.25) is 0 Å². The first-order valence-electron chi connectivity index (χ1n) is 5.59. The number of sulfonamides is 1. The van der Waals surface area contributed by atoms with Gasteiger partial charge in [-0.2, -0.15) is 4.31 Å². The fraction of sp³-hybridized carbons (Fsp3) is 0.455. The molecular formula is C11H16F2N2O3S. The summed E-state index contributed by atoms with van der Waals surface area (Å²) in [7, 11) is -2.88. The molecule has 0 spiro atoms. The average molecular weight is 294 g/mol. The van der Waals surface area contributed by atoms with Crippen LogP contribution in [0, 0.1) is 11.6 Å². The number of nitrogens with zero attached hydrogens (tertiary/aromatic N) is 1. The Bertz CT molecular complexity index is 549. The van der Waals surface area contributed by atoms with Gasteiger partial charge in [-0.25, -0.2) is 17.2 Å². The minimum Gasteiger partial charge on any atom is -0.399 e. The van der Waals surface area contributed by atoms with Crippen molar-refractivity contribution in [3.05, 3.63) is 23.8 Å². The van der Waals surface area contributed by atoms with Crippen molar-refractivity contribution in [2.75, 3.05) is 32.5 Å². The summed E-state index contributed by atoms with van der Waals surface area (Å²) in [5.41, 5.74) is 5.18. The Labute approximate surface area is 111 Å². The summed E-state index contributed by atoms with van der Waals surface area (Å²) in [5, 5.41) is 0. The quantitative estimate of drug-likeness (QED) is 0.632. The number of ether oxygens (including phenoxy) is 1. The van der Waals surface area contributed by atoms with Gasteiger partial charge in [0.25, 0.3) is 0 Å². The number of anilines is 1. The van der Waals surface area contributed by atoms with Crippen molar-refractivity contribution in [2.24, 2.45) is 0 Å². The molecule has 1 rings (SSSR count). The zero-order valence-corrected chi connectivity index (χ0v) is 11.5. The first-order chi connectivity index (χ1) is 8.80. The Hall–Kier alpha value is -1.25. The van der Waals surface area contributed by atoms with Crippen LogP contribution in [0.5, 0.6) is 0 Å². The minimum atomic E-state index is -4.14. The van der Waals surface area contributed by atoms with Gasteiger partial charge < -0.3 is 10.5 Å². The zero-order valence-electron chi connectivity index (χ0n) is 10.7. The fourth-order valence-electron chi connectivity index (χ4n) is 1.40. The molecule has 0 amide bonds. The topological polar surface area (TPSA) is 72.6 Å². The molecule has 0 aliphatic heterocycles. The largest absolute Gasteiger partial charge is 0.399 e. The number of hydrogen-bond donors (Lipinski definition) is 1. The van der Waals surface area contributed by atoms with Crippen LogP contribution in [0.2, 0.25) is 0 Å². The molecule has 0 saturated carbocycles. The molecule has 1 aromatic carbocycles. The highest BCUT2D eigenvalue weighted by molar-refractivity contribution is 7.89. The number of nitrogens with two attached hydrogens (primary N) is 1. The van der Waals surface area contributed by atoms with E-state index in [0.717, 1.165) is 16.4 Å². The predicted octanol–water partition coefficient (Wildman–Crippen LogP) is 1.20. The van der Waals surface area contributed by atoms with Crippen molar-refractivity contribution in [1.29, 1.82) is 0 Å². The average Bonchev–Trinajstić information content (AvgIpc) is 2.33. The Morgan fingerprint density at radius 3 is 2.58 bits per heavy atom. The molecule has 0 aliphatic carbocycles. The van der Waals surface area contributed by atoms with E-state index in [1.54, 1.807) is 6.92 Å². The lowest BCUT2D eigenvalue weighted by Gasteiger charge is -2.17. The molecule has 0 radical (unpaired) electrons. The van der Waals surface area contributed by atoms with E-state index >= 15 is 0 Å². The smallest absolute Gasteiger partial charge is 0.246 e. The third-order valence-corrected chi connectivity index (χ3v) is 4.32. The number of likely N-dealkylation sites (N-methyl/N-ethyl adjacent to an activating group) is 1. The fourth-order valence-corrected chi connectivity index (χ4v) is 2.66. The van der Waals surface area contributed by atoms with Gasteiger partial charge in [0.1, 0.15) is 4.90 Å². The summed E-state index contributed by atoms with van der Waals surface area (Å²) in [6.45, 7) is 2.40. The lowest BCUT2D eigenvalue weighted by molar-refractivity contribution is 0.138. The van der Waals surface area contributed by atoms with E-state index in [-0.39, 0.29) is 18.8 Å². The minimum absolute atomic E-state index is 0.0338. The van der Waals surface area contributed by atoms with Crippen molar-refractivity contribution in [3.8, 4) is 0 Å². The standard InChI is InChI=1S/C11H16F2N2O3S/c1-3-18-5-4-15(2)19(16,17)10-7-8(14)6-9(12)11(10)13/h6-7H,3-5,14H2,1-2H3. The van der Waals surface area contributed by atoms with E-state index in [1.165, 1.54) is 7.05 Å². The van der Waals surface area contributed by atoms with Crippen LogP contribution in [0.3, 0.4) is 0 Å². The molecule has 19 heavy (non-hydrogen) atoms. The maximum Gasteiger partial charge on any atom is 0.246 e. The highest BCUT2D eigenvalue weighted by Gasteiger charge is 2.26. The summed E-state index contributed by atoms with van der Waals surface area (Å²) < 4.78 is 56.8. The van der Waals surface area contributed by atoms with Crippen LogP contribution in [0.25, 0.3) is 0 Å². The van der Waals surface area contributed by atoms with Crippen molar-refractivity contribution in [1.82, 2.24) is 4.31 Å². The van der Waals surface area contributed by atoms with Crippen molar-refractivity contribution < 1.29 is 21.9 Å². The van der Waals surface area contributed by atoms with E-state index in [2.05, 4.69) is 0 Å². The monoisotopic (exact) mass is 294 g/mol. The lowest BCUT2D eigenvalue weighted by Crippen LogP contribution is -2.31. The Balaban J connectivity index is 3.06. The summed E-state index contributed by atoms with van der Waals surface area (Å²) in [5.74, 6) is -2.73. The summed E-state index contributed by atoms with van der Waals surface area (Å²) in [4.78, 5) is -0.774. The lowest BCUT2D eigenvalue weighted by atomic mass is 10.3. The molecule has 0 bridgehead atoms. The Kier molecular flexibility index (Phi) is 5.21. The second-order valence-corrected chi connectivity index (χ2v) is 5.85. The summed E-state index contributed by atoms with van der Waals surface area (Å²) in [6, 6.07) is 1.62. The molecule has 8 heteroatoms. The molecule has 0 unspecified atom stereocenters. The molecule has 2 N–H and O–H groups in total. The number of rotatable bonds is 6. The van der Waals surface area contributed by atoms with Crippen LogP contribution >= 0.6 is 0 Å². The molecule has 108 valence electrons. The molecule has 0 atom stereocenters. The zero-order chi connectivity index (χ0) is 14.6. The normalized spacial score (nSPS) is 12.1. The van der Waals surface area contributed by atoms with E-state index in [0.29, 0.717) is 6.61 Å². The van der Waals surface area contributed by atoms with Crippen molar-refractivity contribution in [2.45, 2.75) is 11.8 Å². The highest BCUT2D eigenvalue weighted by atomic mass is 32.2. The van der Waals surface area contributed by atoms with Crippen molar-refractivity contribution >= 4 is 15.7 Å². The van der Waals surface area contributed by atoms with Gasteiger partial charge in [-0.05, 0) is 19.1 Å². The molecule has 0 saturated heterocycles. The van der Waals surface area contributed by atoms with Crippen LogP contribution in [-0.2, 0) is 14.8 Å². The first-order valence-corrected chi connectivity index (χ1v) is 7.03. The maximum absolute atomic E-state index is 13.6. The molecule has 0 heterocycles. The maximum atomic E-state index is 13.6. The van der Waals surface area contributed by atoms with Gasteiger partial charge in [0.2, 0.25) is 10.0 Å². The number of halogens is 2. The van der Waals surface area contributed by atoms with Gasteiger partial charge in [0.15, 0.2) is 11.6 Å². The molecule has 0 aromatic heterocycles. The Morgan fingerprint density at radius 2 is 2.00 bits per heavy atom. The second-order valence-electron chi connectivity index (χ2n) is 3.84.